The van der Waals surface area contributed by atoms with E-state index >= 15 is 0 Å². The lowest BCUT2D eigenvalue weighted by molar-refractivity contribution is 0.136. The van der Waals surface area contributed by atoms with Crippen molar-refractivity contribution in [2.45, 2.75) is 33.2 Å². The molecule has 1 atom stereocenters. The summed E-state index contributed by atoms with van der Waals surface area (Å²) in [5.74, 6) is 3.10. The van der Waals surface area contributed by atoms with Gasteiger partial charge in [-0.05, 0) is 51.3 Å². The highest BCUT2D eigenvalue weighted by Gasteiger charge is 2.21. The molecule has 6 nitrogen and oxygen atoms in total. The maximum Gasteiger partial charge on any atom is 0.147 e. The molecule has 25 heavy (non-hydrogen) atoms. The number of hydrogen-bond donors (Lipinski definition) is 0. The maximum atomic E-state index is 9.11. The van der Waals surface area contributed by atoms with Gasteiger partial charge in [-0.3, -0.25) is 4.90 Å². The summed E-state index contributed by atoms with van der Waals surface area (Å²) in [4.78, 5) is 6.83. The van der Waals surface area contributed by atoms with Gasteiger partial charge in [-0.1, -0.05) is 12.1 Å². The molecule has 1 aromatic heterocycles. The van der Waals surface area contributed by atoms with Crippen molar-refractivity contribution in [2.75, 3.05) is 26.2 Å². The second kappa shape index (κ2) is 8.13. The fraction of sp³-hybridized carbons (Fsp3) is 0.526. The zero-order valence-corrected chi connectivity index (χ0v) is 15.0. The predicted molar refractivity (Wildman–Crippen MR) is 95.3 cm³/mol. The summed E-state index contributed by atoms with van der Waals surface area (Å²) in [5, 5.41) is 13.6. The van der Waals surface area contributed by atoms with Crippen LogP contribution in [0.4, 0.5) is 0 Å². The number of rotatable bonds is 6. The first-order valence-corrected chi connectivity index (χ1v) is 8.88. The molecule has 1 aliphatic heterocycles. The Hall–Kier alpha value is -2.39. The monoisotopic (exact) mass is 339 g/mol. The van der Waals surface area contributed by atoms with E-state index in [1.54, 1.807) is 6.07 Å². The van der Waals surface area contributed by atoms with Gasteiger partial charge in [-0.2, -0.15) is 10.4 Å². The van der Waals surface area contributed by atoms with Crippen molar-refractivity contribution in [2.24, 2.45) is 5.92 Å². The molecule has 3 rings (SSSR count). The van der Waals surface area contributed by atoms with Gasteiger partial charge in [0.1, 0.15) is 30.1 Å². The third kappa shape index (κ3) is 4.58. The number of likely N-dealkylation sites (tertiary alicyclic amines) is 1. The van der Waals surface area contributed by atoms with Crippen LogP contribution in [0.1, 0.15) is 30.1 Å². The molecule has 132 valence electrons. The molecule has 1 aromatic carbocycles. The highest BCUT2D eigenvalue weighted by Crippen LogP contribution is 2.20. The van der Waals surface area contributed by atoms with Crippen molar-refractivity contribution in [3.05, 3.63) is 41.5 Å². The summed E-state index contributed by atoms with van der Waals surface area (Å²) in [6, 6.07) is 9.57. The number of benzene rings is 1. The molecule has 0 radical (unpaired) electrons. The van der Waals surface area contributed by atoms with Crippen molar-refractivity contribution in [1.82, 2.24) is 19.7 Å². The van der Waals surface area contributed by atoms with Gasteiger partial charge in [0.15, 0.2) is 0 Å². The minimum absolute atomic E-state index is 0.594. The molecule has 1 aliphatic rings. The Labute approximate surface area is 149 Å². The molecular formula is C19H25N5O. The molecular weight excluding hydrogens is 314 g/mol. The average molecular weight is 339 g/mol. The second-order valence-electron chi connectivity index (χ2n) is 6.65. The third-order valence-electron chi connectivity index (χ3n) is 4.67. The van der Waals surface area contributed by atoms with Gasteiger partial charge < -0.3 is 4.74 Å². The van der Waals surface area contributed by atoms with Gasteiger partial charge in [0, 0.05) is 19.6 Å². The first kappa shape index (κ1) is 17.4. The van der Waals surface area contributed by atoms with Crippen molar-refractivity contribution in [3.63, 3.8) is 0 Å². The number of aryl methyl sites for hydroxylation is 2. The smallest absolute Gasteiger partial charge is 0.147 e. The summed E-state index contributed by atoms with van der Waals surface area (Å²) in [7, 11) is 0. The molecule has 0 bridgehead atoms. The van der Waals surface area contributed by atoms with Crippen LogP contribution in [-0.2, 0) is 6.54 Å². The third-order valence-corrected chi connectivity index (χ3v) is 4.67. The van der Waals surface area contributed by atoms with Gasteiger partial charge in [0.25, 0.3) is 0 Å². The number of hydrogen-bond acceptors (Lipinski definition) is 5. The van der Waals surface area contributed by atoms with E-state index in [1.165, 1.54) is 12.8 Å². The highest BCUT2D eigenvalue weighted by atomic mass is 16.5. The summed E-state index contributed by atoms with van der Waals surface area (Å²) >= 11 is 0. The maximum absolute atomic E-state index is 9.11. The van der Waals surface area contributed by atoms with Crippen LogP contribution in [-0.4, -0.2) is 45.9 Å². The van der Waals surface area contributed by atoms with Gasteiger partial charge >= 0.3 is 0 Å². The van der Waals surface area contributed by atoms with E-state index in [2.05, 4.69) is 21.1 Å². The summed E-state index contributed by atoms with van der Waals surface area (Å²) < 4.78 is 7.85. The SMILES string of the molecule is Cc1nc(C)n(C[C@H]2CCCN(CCOc3ccccc3C#N)C2)n1. The molecule has 1 fully saturated rings. The van der Waals surface area contributed by atoms with Crippen LogP contribution in [0.25, 0.3) is 0 Å². The van der Waals surface area contributed by atoms with Crippen molar-refractivity contribution >= 4 is 0 Å². The van der Waals surface area contributed by atoms with Crippen LogP contribution in [0.3, 0.4) is 0 Å². The standard InChI is InChI=1S/C19H25N5O/c1-15-21-16(2)24(22-15)14-17-6-5-9-23(13-17)10-11-25-19-8-4-3-7-18(19)12-20/h3-4,7-8,17H,5-6,9-11,13-14H2,1-2H3/t17-/m0/s1. The Kier molecular flexibility index (Phi) is 5.67. The molecule has 2 heterocycles. The second-order valence-corrected chi connectivity index (χ2v) is 6.65. The lowest BCUT2D eigenvalue weighted by Gasteiger charge is -2.32. The number of nitrogens with zero attached hydrogens (tertiary/aromatic N) is 5. The number of ether oxygens (including phenoxy) is 1. The fourth-order valence-corrected chi connectivity index (χ4v) is 3.45. The first-order valence-electron chi connectivity index (χ1n) is 8.88. The zero-order valence-electron chi connectivity index (χ0n) is 15.0. The van der Waals surface area contributed by atoms with Crippen molar-refractivity contribution in [1.29, 1.82) is 5.26 Å². The average Bonchev–Trinajstić information content (AvgIpc) is 2.93. The quantitative estimate of drug-likeness (QED) is 0.809. The Morgan fingerprint density at radius 2 is 2.16 bits per heavy atom. The molecule has 0 saturated carbocycles. The molecule has 2 aromatic rings. The lowest BCUT2D eigenvalue weighted by atomic mass is 9.98. The van der Waals surface area contributed by atoms with Crippen LogP contribution in [0, 0.1) is 31.1 Å². The minimum Gasteiger partial charge on any atom is -0.491 e. The van der Waals surface area contributed by atoms with Crippen molar-refractivity contribution < 1.29 is 4.74 Å². The minimum atomic E-state index is 0.594. The Bertz CT molecular complexity index is 749. The summed E-state index contributed by atoms with van der Waals surface area (Å²) in [6.07, 6.45) is 2.43. The summed E-state index contributed by atoms with van der Waals surface area (Å²) in [6.45, 7) is 8.53. The van der Waals surface area contributed by atoms with E-state index in [4.69, 9.17) is 10.00 Å². The van der Waals surface area contributed by atoms with Crippen molar-refractivity contribution in [3.8, 4) is 11.8 Å². The molecule has 6 heteroatoms. The molecule has 0 N–H and O–H groups in total. The molecule has 0 unspecified atom stereocenters. The normalized spacial score (nSPS) is 18.0. The van der Waals surface area contributed by atoms with Crippen LogP contribution >= 0.6 is 0 Å². The van der Waals surface area contributed by atoms with Gasteiger partial charge in [-0.25, -0.2) is 9.67 Å². The van der Waals surface area contributed by atoms with E-state index in [0.717, 1.165) is 37.8 Å². The topological polar surface area (TPSA) is 67.0 Å². The molecule has 0 spiro atoms. The fourth-order valence-electron chi connectivity index (χ4n) is 3.45. The lowest BCUT2D eigenvalue weighted by Crippen LogP contribution is -2.39. The zero-order chi connectivity index (χ0) is 17.6. The Balaban J connectivity index is 1.49. The van der Waals surface area contributed by atoms with E-state index in [1.807, 2.05) is 36.7 Å². The number of piperidine rings is 1. The van der Waals surface area contributed by atoms with Gasteiger partial charge in [0.05, 0.1) is 5.56 Å². The van der Waals surface area contributed by atoms with Gasteiger partial charge in [-0.15, -0.1) is 0 Å². The van der Waals surface area contributed by atoms with Gasteiger partial charge in [0.2, 0.25) is 0 Å². The van der Waals surface area contributed by atoms with Crippen LogP contribution in [0.2, 0.25) is 0 Å². The predicted octanol–water partition coefficient (Wildman–Crippen LogP) is 2.56. The first-order chi connectivity index (χ1) is 12.2. The number of para-hydroxylation sites is 1. The van der Waals surface area contributed by atoms with Crippen LogP contribution < -0.4 is 4.74 Å². The van der Waals surface area contributed by atoms with E-state index < -0.39 is 0 Å². The molecule has 1 saturated heterocycles. The Morgan fingerprint density at radius 1 is 1.32 bits per heavy atom. The largest absolute Gasteiger partial charge is 0.491 e. The Morgan fingerprint density at radius 3 is 2.92 bits per heavy atom. The number of aromatic nitrogens is 3. The summed E-state index contributed by atoms with van der Waals surface area (Å²) in [5.41, 5.74) is 0.594. The highest BCUT2D eigenvalue weighted by molar-refractivity contribution is 5.42. The number of nitriles is 1. The van der Waals surface area contributed by atoms with E-state index in [-0.39, 0.29) is 0 Å². The van der Waals surface area contributed by atoms with E-state index in [9.17, 15) is 0 Å². The molecule has 0 amide bonds. The molecule has 0 aliphatic carbocycles. The van der Waals surface area contributed by atoms with Crippen LogP contribution in [0.5, 0.6) is 5.75 Å². The van der Waals surface area contributed by atoms with Crippen LogP contribution in [0.15, 0.2) is 24.3 Å². The van der Waals surface area contributed by atoms with E-state index in [0.29, 0.717) is 23.8 Å².